The zero-order valence-corrected chi connectivity index (χ0v) is 11.4. The van der Waals surface area contributed by atoms with Gasteiger partial charge in [0.25, 0.3) is 0 Å². The molecule has 6 heteroatoms. The zero-order chi connectivity index (χ0) is 15.3. The SMILES string of the molecule is CC(NCc1ccccc1OC(F)(F)F)c1ccncc1. The number of aromatic nitrogens is 1. The molecule has 1 heterocycles. The number of pyridine rings is 1. The first-order chi connectivity index (χ1) is 9.96. The highest BCUT2D eigenvalue weighted by Crippen LogP contribution is 2.26. The van der Waals surface area contributed by atoms with Crippen molar-refractivity contribution < 1.29 is 17.9 Å². The van der Waals surface area contributed by atoms with Crippen molar-refractivity contribution in [3.05, 3.63) is 59.9 Å². The van der Waals surface area contributed by atoms with Gasteiger partial charge >= 0.3 is 6.36 Å². The third-order valence-electron chi connectivity index (χ3n) is 3.00. The number of alkyl halides is 3. The van der Waals surface area contributed by atoms with E-state index in [9.17, 15) is 13.2 Å². The van der Waals surface area contributed by atoms with Crippen LogP contribution in [0, 0.1) is 0 Å². The average Bonchev–Trinajstić information content (AvgIpc) is 2.45. The lowest BCUT2D eigenvalue weighted by Crippen LogP contribution is -2.21. The van der Waals surface area contributed by atoms with Gasteiger partial charge in [-0.3, -0.25) is 4.98 Å². The van der Waals surface area contributed by atoms with Crippen LogP contribution >= 0.6 is 0 Å². The van der Waals surface area contributed by atoms with Crippen LogP contribution in [-0.2, 0) is 6.54 Å². The van der Waals surface area contributed by atoms with E-state index in [2.05, 4.69) is 15.0 Å². The Morgan fingerprint density at radius 3 is 2.48 bits per heavy atom. The predicted molar refractivity (Wildman–Crippen MR) is 72.6 cm³/mol. The Kier molecular flexibility index (Phi) is 4.80. The summed E-state index contributed by atoms with van der Waals surface area (Å²) in [6.45, 7) is 2.21. The topological polar surface area (TPSA) is 34.1 Å². The molecule has 2 rings (SSSR count). The summed E-state index contributed by atoms with van der Waals surface area (Å²) in [7, 11) is 0. The predicted octanol–water partition coefficient (Wildman–Crippen LogP) is 3.83. The molecule has 0 fully saturated rings. The van der Waals surface area contributed by atoms with Crippen LogP contribution in [0.15, 0.2) is 48.8 Å². The molecule has 1 atom stereocenters. The summed E-state index contributed by atoms with van der Waals surface area (Å²) in [4.78, 5) is 3.93. The van der Waals surface area contributed by atoms with Gasteiger partial charge in [-0.05, 0) is 30.7 Å². The smallest absolute Gasteiger partial charge is 0.405 e. The molecule has 0 bridgehead atoms. The van der Waals surface area contributed by atoms with E-state index >= 15 is 0 Å². The van der Waals surface area contributed by atoms with Crippen molar-refractivity contribution in [2.75, 3.05) is 0 Å². The average molecular weight is 296 g/mol. The lowest BCUT2D eigenvalue weighted by molar-refractivity contribution is -0.274. The van der Waals surface area contributed by atoms with Crippen molar-refractivity contribution in [2.24, 2.45) is 0 Å². The van der Waals surface area contributed by atoms with Crippen molar-refractivity contribution in [3.8, 4) is 5.75 Å². The molecule has 1 N–H and O–H groups in total. The molecular weight excluding hydrogens is 281 g/mol. The van der Waals surface area contributed by atoms with Crippen molar-refractivity contribution in [2.45, 2.75) is 25.9 Å². The standard InChI is InChI=1S/C15H15F3N2O/c1-11(12-6-8-19-9-7-12)20-10-13-4-2-3-5-14(13)21-15(16,17)18/h2-9,11,20H,10H2,1H3. The van der Waals surface area contributed by atoms with E-state index in [1.807, 2.05) is 19.1 Å². The summed E-state index contributed by atoms with van der Waals surface area (Å²) < 4.78 is 41.0. The molecule has 0 saturated carbocycles. The van der Waals surface area contributed by atoms with Gasteiger partial charge in [0.2, 0.25) is 0 Å². The molecule has 1 aromatic carbocycles. The molecule has 0 aliphatic carbocycles. The van der Waals surface area contributed by atoms with E-state index in [0.717, 1.165) is 5.56 Å². The number of nitrogens with one attached hydrogen (secondary N) is 1. The number of ether oxygens (including phenoxy) is 1. The van der Waals surface area contributed by atoms with E-state index < -0.39 is 6.36 Å². The molecule has 0 aliphatic heterocycles. The minimum absolute atomic E-state index is 0.00746. The van der Waals surface area contributed by atoms with Crippen molar-refractivity contribution in [3.63, 3.8) is 0 Å². The first-order valence-corrected chi connectivity index (χ1v) is 6.42. The number of halogens is 3. The fourth-order valence-corrected chi connectivity index (χ4v) is 1.91. The molecule has 21 heavy (non-hydrogen) atoms. The Bertz CT molecular complexity index is 573. The molecule has 1 unspecified atom stereocenters. The number of hydrogen-bond donors (Lipinski definition) is 1. The van der Waals surface area contributed by atoms with Crippen molar-refractivity contribution in [1.82, 2.24) is 10.3 Å². The molecule has 0 aliphatic rings. The fourth-order valence-electron chi connectivity index (χ4n) is 1.91. The number of nitrogens with zero attached hydrogens (tertiary/aromatic N) is 1. The molecule has 112 valence electrons. The molecule has 0 saturated heterocycles. The third-order valence-corrected chi connectivity index (χ3v) is 3.00. The van der Waals surface area contributed by atoms with Gasteiger partial charge in [-0.1, -0.05) is 18.2 Å². The van der Waals surface area contributed by atoms with Gasteiger partial charge in [0.05, 0.1) is 0 Å². The minimum atomic E-state index is -4.69. The number of para-hydroxylation sites is 1. The second-order valence-electron chi connectivity index (χ2n) is 4.54. The normalized spacial score (nSPS) is 13.0. The number of hydrogen-bond acceptors (Lipinski definition) is 3. The van der Waals surface area contributed by atoms with E-state index in [1.165, 1.54) is 12.1 Å². The summed E-state index contributed by atoms with van der Waals surface area (Å²) >= 11 is 0. The maximum atomic E-state index is 12.3. The summed E-state index contributed by atoms with van der Waals surface area (Å²) in [6.07, 6.45) is -1.34. The largest absolute Gasteiger partial charge is 0.573 e. The van der Waals surface area contributed by atoms with E-state index in [0.29, 0.717) is 5.56 Å². The molecule has 3 nitrogen and oxygen atoms in total. The maximum absolute atomic E-state index is 12.3. The van der Waals surface area contributed by atoms with E-state index in [1.54, 1.807) is 24.5 Å². The third kappa shape index (κ3) is 4.75. The van der Waals surface area contributed by atoms with Crippen LogP contribution in [0.1, 0.15) is 24.1 Å². The second kappa shape index (κ2) is 6.58. The Balaban J connectivity index is 2.03. The van der Waals surface area contributed by atoms with Crippen LogP contribution < -0.4 is 10.1 Å². The van der Waals surface area contributed by atoms with Crippen LogP contribution in [0.3, 0.4) is 0 Å². The Morgan fingerprint density at radius 1 is 1.14 bits per heavy atom. The summed E-state index contributed by atoms with van der Waals surface area (Å²) in [6, 6.07) is 9.81. The highest BCUT2D eigenvalue weighted by atomic mass is 19.4. The number of benzene rings is 1. The molecule has 0 radical (unpaired) electrons. The van der Waals surface area contributed by atoms with Crippen LogP contribution in [0.25, 0.3) is 0 Å². The van der Waals surface area contributed by atoms with Gasteiger partial charge in [0, 0.05) is 30.5 Å². The van der Waals surface area contributed by atoms with Gasteiger partial charge < -0.3 is 10.1 Å². The van der Waals surface area contributed by atoms with Crippen molar-refractivity contribution in [1.29, 1.82) is 0 Å². The first kappa shape index (κ1) is 15.3. The van der Waals surface area contributed by atoms with Gasteiger partial charge in [-0.25, -0.2) is 0 Å². The lowest BCUT2D eigenvalue weighted by Gasteiger charge is -2.17. The molecule has 1 aromatic heterocycles. The second-order valence-corrected chi connectivity index (χ2v) is 4.54. The Morgan fingerprint density at radius 2 is 1.81 bits per heavy atom. The Hall–Kier alpha value is -2.08. The monoisotopic (exact) mass is 296 g/mol. The highest BCUT2D eigenvalue weighted by Gasteiger charge is 2.31. The van der Waals surface area contributed by atoms with Crippen LogP contribution in [0.2, 0.25) is 0 Å². The van der Waals surface area contributed by atoms with Gasteiger partial charge in [-0.15, -0.1) is 13.2 Å². The highest BCUT2D eigenvalue weighted by molar-refractivity contribution is 5.33. The quantitative estimate of drug-likeness (QED) is 0.910. The van der Waals surface area contributed by atoms with Crippen molar-refractivity contribution >= 4 is 0 Å². The van der Waals surface area contributed by atoms with Crippen LogP contribution in [0.5, 0.6) is 5.75 Å². The van der Waals surface area contributed by atoms with Gasteiger partial charge in [-0.2, -0.15) is 0 Å². The zero-order valence-electron chi connectivity index (χ0n) is 11.4. The molecule has 0 amide bonds. The number of rotatable bonds is 5. The molecular formula is C15H15F3N2O. The van der Waals surface area contributed by atoms with Crippen LogP contribution in [-0.4, -0.2) is 11.3 Å². The lowest BCUT2D eigenvalue weighted by atomic mass is 10.1. The molecule has 0 spiro atoms. The molecule has 2 aromatic rings. The van der Waals surface area contributed by atoms with E-state index in [-0.39, 0.29) is 18.3 Å². The first-order valence-electron chi connectivity index (χ1n) is 6.42. The Labute approximate surface area is 120 Å². The summed E-state index contributed by atoms with van der Waals surface area (Å²) in [5.74, 6) is -0.181. The van der Waals surface area contributed by atoms with Gasteiger partial charge in [0.15, 0.2) is 0 Å². The van der Waals surface area contributed by atoms with E-state index in [4.69, 9.17) is 0 Å². The van der Waals surface area contributed by atoms with Crippen LogP contribution in [0.4, 0.5) is 13.2 Å². The summed E-state index contributed by atoms with van der Waals surface area (Å²) in [5, 5.41) is 3.17. The maximum Gasteiger partial charge on any atom is 0.573 e. The fraction of sp³-hybridized carbons (Fsp3) is 0.267. The van der Waals surface area contributed by atoms with Gasteiger partial charge in [0.1, 0.15) is 5.75 Å². The minimum Gasteiger partial charge on any atom is -0.405 e. The summed E-state index contributed by atoms with van der Waals surface area (Å²) in [5.41, 5.74) is 1.47.